The summed E-state index contributed by atoms with van der Waals surface area (Å²) >= 11 is 5.44. The molecule has 0 unspecified atom stereocenters. The second-order valence-electron chi connectivity index (χ2n) is 5.15. The predicted octanol–water partition coefficient (Wildman–Crippen LogP) is 1.11. The first kappa shape index (κ1) is 16.6. The van der Waals surface area contributed by atoms with Crippen LogP contribution in [0.15, 0.2) is 30.3 Å². The lowest BCUT2D eigenvalue weighted by atomic mass is 10.0. The summed E-state index contributed by atoms with van der Waals surface area (Å²) in [5, 5.41) is 12.5. The molecule has 1 aromatic carbocycles. The van der Waals surface area contributed by atoms with Crippen LogP contribution >= 0.6 is 11.6 Å². The molecule has 2 amide bonds. The third-order valence-electron chi connectivity index (χ3n) is 3.51. The first-order valence-electron chi connectivity index (χ1n) is 7.09. The molecule has 1 heterocycles. The molecule has 1 aliphatic rings. The van der Waals surface area contributed by atoms with E-state index in [1.807, 2.05) is 30.3 Å². The minimum absolute atomic E-state index is 0.179. The highest BCUT2D eigenvalue weighted by molar-refractivity contribution is 6.27. The van der Waals surface area contributed by atoms with Gasteiger partial charge >= 0.3 is 6.09 Å². The van der Waals surface area contributed by atoms with E-state index in [2.05, 4.69) is 5.32 Å². The van der Waals surface area contributed by atoms with E-state index in [4.69, 9.17) is 16.3 Å². The molecule has 6 nitrogen and oxygen atoms in total. The van der Waals surface area contributed by atoms with E-state index in [0.29, 0.717) is 13.0 Å². The van der Waals surface area contributed by atoms with E-state index in [1.165, 1.54) is 4.90 Å². The Morgan fingerprint density at radius 1 is 1.36 bits per heavy atom. The topological polar surface area (TPSA) is 78.9 Å². The summed E-state index contributed by atoms with van der Waals surface area (Å²) < 4.78 is 5.25. The summed E-state index contributed by atoms with van der Waals surface area (Å²) in [7, 11) is 0. The lowest BCUT2D eigenvalue weighted by Gasteiger charge is -2.35. The zero-order valence-electron chi connectivity index (χ0n) is 12.1. The van der Waals surface area contributed by atoms with E-state index in [0.717, 1.165) is 5.56 Å². The van der Waals surface area contributed by atoms with Crippen molar-refractivity contribution in [1.82, 2.24) is 10.2 Å². The van der Waals surface area contributed by atoms with Crippen molar-refractivity contribution in [3.05, 3.63) is 35.9 Å². The molecule has 0 saturated carbocycles. The largest absolute Gasteiger partial charge is 0.445 e. The van der Waals surface area contributed by atoms with Gasteiger partial charge in [-0.05, 0) is 12.0 Å². The van der Waals surface area contributed by atoms with E-state index >= 15 is 0 Å². The molecule has 0 aliphatic carbocycles. The normalized spacial score (nSPS) is 21.3. The fourth-order valence-electron chi connectivity index (χ4n) is 2.30. The number of piperidine rings is 1. The van der Waals surface area contributed by atoms with Gasteiger partial charge in [0, 0.05) is 13.1 Å². The zero-order valence-corrected chi connectivity index (χ0v) is 12.8. The summed E-state index contributed by atoms with van der Waals surface area (Å²) in [6.07, 6.45) is -0.764. The number of alkyl halides is 1. The first-order chi connectivity index (χ1) is 10.6. The molecule has 0 spiro atoms. The maximum Gasteiger partial charge on any atom is 0.410 e. The van der Waals surface area contributed by atoms with Crippen molar-refractivity contribution < 1.29 is 19.4 Å². The lowest BCUT2D eigenvalue weighted by Crippen LogP contribution is -2.56. The number of nitrogens with one attached hydrogen (secondary N) is 1. The van der Waals surface area contributed by atoms with Crippen LogP contribution in [0.4, 0.5) is 4.79 Å². The Kier molecular flexibility index (Phi) is 6.03. The summed E-state index contributed by atoms with van der Waals surface area (Å²) in [5.41, 5.74) is 0.903. The van der Waals surface area contributed by atoms with Gasteiger partial charge in [0.1, 0.15) is 12.5 Å². The van der Waals surface area contributed by atoms with Gasteiger partial charge in [0.2, 0.25) is 5.91 Å². The molecule has 1 saturated heterocycles. The van der Waals surface area contributed by atoms with Crippen LogP contribution in [0.2, 0.25) is 0 Å². The number of likely N-dealkylation sites (tertiary alicyclic amines) is 1. The number of carbonyl (C=O) groups excluding carboxylic acids is 2. The van der Waals surface area contributed by atoms with Crippen LogP contribution in [-0.2, 0) is 16.1 Å². The van der Waals surface area contributed by atoms with Gasteiger partial charge in [0.25, 0.3) is 0 Å². The molecule has 1 fully saturated rings. The number of halogens is 1. The van der Waals surface area contributed by atoms with Gasteiger partial charge < -0.3 is 20.1 Å². The van der Waals surface area contributed by atoms with Crippen molar-refractivity contribution in [2.75, 3.05) is 19.0 Å². The van der Waals surface area contributed by atoms with E-state index in [-0.39, 0.29) is 24.9 Å². The van der Waals surface area contributed by atoms with Crippen LogP contribution in [0.1, 0.15) is 12.0 Å². The van der Waals surface area contributed by atoms with Crippen LogP contribution in [-0.4, -0.2) is 53.1 Å². The van der Waals surface area contributed by atoms with Crippen LogP contribution in [0.5, 0.6) is 0 Å². The Balaban J connectivity index is 1.85. The van der Waals surface area contributed by atoms with Crippen molar-refractivity contribution >= 4 is 23.6 Å². The number of carbonyl (C=O) groups is 2. The molecule has 2 atom stereocenters. The lowest BCUT2D eigenvalue weighted by molar-refractivity contribution is -0.120. The molecule has 2 N–H and O–H groups in total. The van der Waals surface area contributed by atoms with Crippen LogP contribution < -0.4 is 5.32 Å². The Bertz CT molecular complexity index is 512. The molecular weight excluding hydrogens is 308 g/mol. The minimum atomic E-state index is -0.689. The predicted molar refractivity (Wildman–Crippen MR) is 81.5 cm³/mol. The third-order valence-corrected chi connectivity index (χ3v) is 3.75. The third kappa shape index (κ3) is 4.61. The molecule has 0 bridgehead atoms. The average Bonchev–Trinajstić information content (AvgIpc) is 2.55. The second kappa shape index (κ2) is 8.00. The maximum absolute atomic E-state index is 12.1. The van der Waals surface area contributed by atoms with Gasteiger partial charge in [-0.3, -0.25) is 4.79 Å². The second-order valence-corrected chi connectivity index (χ2v) is 5.42. The molecule has 1 aliphatic heterocycles. The molecule has 120 valence electrons. The Hall–Kier alpha value is -1.79. The number of amides is 2. The highest BCUT2D eigenvalue weighted by Gasteiger charge is 2.31. The fraction of sp³-hybridized carbons (Fsp3) is 0.467. The van der Waals surface area contributed by atoms with Crippen LogP contribution in [0, 0.1) is 0 Å². The summed E-state index contributed by atoms with van der Waals surface area (Å²) in [6.45, 7) is 0.789. The molecule has 22 heavy (non-hydrogen) atoms. The Morgan fingerprint density at radius 2 is 2.09 bits per heavy atom. The van der Waals surface area contributed by atoms with Crippen molar-refractivity contribution in [2.24, 2.45) is 0 Å². The van der Waals surface area contributed by atoms with Crippen LogP contribution in [0.25, 0.3) is 0 Å². The molecule has 0 radical (unpaired) electrons. The molecule has 0 aromatic heterocycles. The molecule has 7 heteroatoms. The number of benzene rings is 1. The standard InChI is InChI=1S/C15H19ClN2O4/c16-8-14(20)17-12-9-18(7-6-13(12)19)15(21)22-10-11-4-2-1-3-5-11/h1-5,12-13,19H,6-10H2,(H,17,20)/t12-,13+/m0/s1. The molecular formula is C15H19ClN2O4. The number of nitrogens with zero attached hydrogens (tertiary/aromatic N) is 1. The summed E-state index contributed by atoms with van der Waals surface area (Å²) in [6, 6.07) is 8.86. The zero-order chi connectivity index (χ0) is 15.9. The number of aliphatic hydroxyl groups excluding tert-OH is 1. The Morgan fingerprint density at radius 3 is 2.77 bits per heavy atom. The SMILES string of the molecule is O=C(CCl)N[C@H]1CN(C(=O)OCc2ccccc2)CC[C@H]1O. The molecule has 1 aromatic rings. The minimum Gasteiger partial charge on any atom is -0.445 e. The van der Waals surface area contributed by atoms with Crippen molar-refractivity contribution in [3.63, 3.8) is 0 Å². The average molecular weight is 327 g/mol. The fourth-order valence-corrected chi connectivity index (χ4v) is 2.38. The highest BCUT2D eigenvalue weighted by Crippen LogP contribution is 2.13. The van der Waals surface area contributed by atoms with Crippen molar-refractivity contribution in [2.45, 2.75) is 25.2 Å². The van der Waals surface area contributed by atoms with Gasteiger partial charge in [0.05, 0.1) is 12.1 Å². The number of ether oxygens (including phenoxy) is 1. The van der Waals surface area contributed by atoms with Gasteiger partial charge in [0.15, 0.2) is 0 Å². The van der Waals surface area contributed by atoms with Gasteiger partial charge in [-0.15, -0.1) is 11.6 Å². The van der Waals surface area contributed by atoms with Gasteiger partial charge in [-0.25, -0.2) is 4.79 Å². The van der Waals surface area contributed by atoms with E-state index in [9.17, 15) is 14.7 Å². The van der Waals surface area contributed by atoms with Crippen molar-refractivity contribution in [3.8, 4) is 0 Å². The Labute approximate surface area is 134 Å². The van der Waals surface area contributed by atoms with Gasteiger partial charge in [-0.2, -0.15) is 0 Å². The maximum atomic E-state index is 12.1. The first-order valence-corrected chi connectivity index (χ1v) is 7.62. The summed E-state index contributed by atoms with van der Waals surface area (Å²) in [4.78, 5) is 24.9. The number of hydrogen-bond donors (Lipinski definition) is 2. The van der Waals surface area contributed by atoms with Crippen LogP contribution in [0.3, 0.4) is 0 Å². The molecule has 2 rings (SSSR count). The monoisotopic (exact) mass is 326 g/mol. The number of aliphatic hydroxyl groups is 1. The smallest absolute Gasteiger partial charge is 0.410 e. The van der Waals surface area contributed by atoms with E-state index < -0.39 is 18.2 Å². The van der Waals surface area contributed by atoms with E-state index in [1.54, 1.807) is 0 Å². The number of rotatable bonds is 4. The van der Waals surface area contributed by atoms with Crippen molar-refractivity contribution in [1.29, 1.82) is 0 Å². The quantitative estimate of drug-likeness (QED) is 0.813. The summed E-state index contributed by atoms with van der Waals surface area (Å²) in [5.74, 6) is -0.549. The number of hydrogen-bond acceptors (Lipinski definition) is 4. The highest BCUT2D eigenvalue weighted by atomic mass is 35.5. The van der Waals surface area contributed by atoms with Gasteiger partial charge in [-0.1, -0.05) is 30.3 Å².